The number of benzene rings is 2. The van der Waals surface area contributed by atoms with E-state index < -0.39 is 6.10 Å². The van der Waals surface area contributed by atoms with Gasteiger partial charge >= 0.3 is 0 Å². The summed E-state index contributed by atoms with van der Waals surface area (Å²) < 4.78 is 17.3. The number of aliphatic hydroxyl groups excluding tert-OH is 1. The molecule has 2 N–H and O–H groups in total. The monoisotopic (exact) mass is 488 g/mol. The van der Waals surface area contributed by atoms with Crippen LogP contribution in [-0.2, 0) is 27.4 Å². The summed E-state index contributed by atoms with van der Waals surface area (Å²) in [7, 11) is 1.65. The molecule has 2 aliphatic heterocycles. The average molecular weight is 489 g/mol. The summed E-state index contributed by atoms with van der Waals surface area (Å²) in [5.41, 5.74) is 2.04. The van der Waals surface area contributed by atoms with Crippen LogP contribution in [0.15, 0.2) is 48.5 Å². The predicted octanol–water partition coefficient (Wildman–Crippen LogP) is 3.16. The Kier molecular flexibility index (Phi) is 8.80. The fraction of sp³-hybridized carbons (Fsp3) is 0.500. The molecule has 2 aromatic carbocycles. The number of carbonyl (C=O) groups excluding carboxylic acids is 1. The third-order valence-electron chi connectivity index (χ3n) is 6.48. The highest BCUT2D eigenvalue weighted by Gasteiger charge is 2.38. The van der Waals surface area contributed by atoms with E-state index in [0.717, 1.165) is 29.7 Å². The largest absolute Gasteiger partial charge is 0.497 e. The van der Waals surface area contributed by atoms with E-state index in [1.54, 1.807) is 7.11 Å². The number of rotatable bonds is 7. The summed E-state index contributed by atoms with van der Waals surface area (Å²) in [5, 5.41) is 14.0. The second-order valence-corrected chi connectivity index (χ2v) is 9.39. The van der Waals surface area contributed by atoms with Gasteiger partial charge in [0.25, 0.3) is 0 Å². The lowest BCUT2D eigenvalue weighted by atomic mass is 9.94. The summed E-state index contributed by atoms with van der Waals surface area (Å²) in [5.74, 6) is 0.764. The number of hydrogen-bond donors (Lipinski definition) is 2. The Morgan fingerprint density at radius 1 is 1.18 bits per heavy atom. The molecule has 1 amide bonds. The molecule has 0 unspecified atom stereocenters. The van der Waals surface area contributed by atoms with Crippen LogP contribution in [0.2, 0.25) is 5.02 Å². The van der Waals surface area contributed by atoms with Crippen molar-refractivity contribution in [3.05, 3.63) is 64.7 Å². The molecular weight excluding hydrogens is 456 g/mol. The van der Waals surface area contributed by atoms with Crippen LogP contribution >= 0.6 is 11.6 Å². The first-order chi connectivity index (χ1) is 16.5. The average Bonchev–Trinajstić information content (AvgIpc) is 2.83. The molecule has 7 nitrogen and oxygen atoms in total. The summed E-state index contributed by atoms with van der Waals surface area (Å²) in [6, 6.07) is 15.6. The lowest BCUT2D eigenvalue weighted by Crippen LogP contribution is -2.55. The molecule has 0 bridgehead atoms. The van der Waals surface area contributed by atoms with Gasteiger partial charge in [-0.05, 0) is 42.2 Å². The second kappa shape index (κ2) is 12.0. The van der Waals surface area contributed by atoms with Crippen molar-refractivity contribution < 1.29 is 24.1 Å². The fourth-order valence-corrected chi connectivity index (χ4v) is 4.91. The highest BCUT2D eigenvalue weighted by molar-refractivity contribution is 6.31. The molecule has 4 atom stereocenters. The molecule has 4 rings (SSSR count). The second-order valence-electron chi connectivity index (χ2n) is 8.98. The lowest BCUT2D eigenvalue weighted by molar-refractivity contribution is -0.158. The Hall–Kier alpha value is -2.16. The molecule has 0 aliphatic carbocycles. The molecule has 2 heterocycles. The first-order valence-corrected chi connectivity index (χ1v) is 12.2. The summed E-state index contributed by atoms with van der Waals surface area (Å²) >= 11 is 6.18. The molecule has 184 valence electrons. The number of ether oxygens (including phenoxy) is 3. The van der Waals surface area contributed by atoms with E-state index in [9.17, 15) is 9.90 Å². The van der Waals surface area contributed by atoms with Gasteiger partial charge in [0.15, 0.2) is 0 Å². The number of nitrogens with zero attached hydrogens (tertiary/aromatic N) is 1. The van der Waals surface area contributed by atoms with Crippen molar-refractivity contribution in [1.82, 2.24) is 10.2 Å². The molecule has 34 heavy (non-hydrogen) atoms. The van der Waals surface area contributed by atoms with Crippen molar-refractivity contribution in [3.8, 4) is 5.75 Å². The van der Waals surface area contributed by atoms with Gasteiger partial charge in [0.1, 0.15) is 5.75 Å². The SMILES string of the molecule is COc1ccc(CN2C[C@H](O)COC[C@H]3O[C@H](CC(=O)NCc4ccccc4Cl)CC[C@@H]32)cc1. The van der Waals surface area contributed by atoms with Crippen LogP contribution in [0.3, 0.4) is 0 Å². The lowest BCUT2D eigenvalue weighted by Gasteiger charge is -2.44. The van der Waals surface area contributed by atoms with Crippen LogP contribution in [0, 0.1) is 0 Å². The smallest absolute Gasteiger partial charge is 0.222 e. The molecule has 0 aromatic heterocycles. The van der Waals surface area contributed by atoms with E-state index in [1.165, 1.54) is 0 Å². The number of methoxy groups -OCH3 is 1. The number of aliphatic hydroxyl groups is 1. The van der Waals surface area contributed by atoms with Gasteiger partial charge in [-0.25, -0.2) is 0 Å². The minimum absolute atomic E-state index is 0.0550. The van der Waals surface area contributed by atoms with Crippen LogP contribution in [0.5, 0.6) is 5.75 Å². The van der Waals surface area contributed by atoms with Gasteiger partial charge in [-0.15, -0.1) is 0 Å². The normalized spacial score (nSPS) is 25.6. The van der Waals surface area contributed by atoms with Crippen LogP contribution in [-0.4, -0.2) is 67.1 Å². The maximum absolute atomic E-state index is 12.6. The van der Waals surface area contributed by atoms with E-state index in [2.05, 4.69) is 10.2 Å². The van der Waals surface area contributed by atoms with Gasteiger partial charge in [-0.1, -0.05) is 41.9 Å². The van der Waals surface area contributed by atoms with Crippen LogP contribution in [0.1, 0.15) is 30.4 Å². The van der Waals surface area contributed by atoms with Crippen molar-refractivity contribution >= 4 is 17.5 Å². The van der Waals surface area contributed by atoms with Crippen LogP contribution < -0.4 is 10.1 Å². The van der Waals surface area contributed by atoms with Crippen LogP contribution in [0.25, 0.3) is 0 Å². The number of nitrogens with one attached hydrogen (secondary N) is 1. The Labute approximate surface area is 205 Å². The van der Waals surface area contributed by atoms with Gasteiger partial charge in [-0.3, -0.25) is 9.69 Å². The zero-order valence-electron chi connectivity index (χ0n) is 19.5. The number of β-amino-alcohol motifs (C(OH)–C–C–N with tert-alkyl or cyclic N) is 1. The van der Waals surface area contributed by atoms with E-state index in [-0.39, 0.29) is 30.8 Å². The third kappa shape index (κ3) is 6.71. The zero-order valence-corrected chi connectivity index (χ0v) is 20.2. The van der Waals surface area contributed by atoms with Crippen molar-refractivity contribution in [3.63, 3.8) is 0 Å². The molecule has 2 aliphatic rings. The molecule has 0 saturated carbocycles. The van der Waals surface area contributed by atoms with Crippen molar-refractivity contribution in [2.24, 2.45) is 0 Å². The minimum Gasteiger partial charge on any atom is -0.497 e. The predicted molar refractivity (Wildman–Crippen MR) is 130 cm³/mol. The van der Waals surface area contributed by atoms with Crippen molar-refractivity contribution in [2.45, 2.75) is 56.7 Å². The Morgan fingerprint density at radius 3 is 2.74 bits per heavy atom. The Balaban J connectivity index is 1.35. The molecule has 2 aromatic rings. The van der Waals surface area contributed by atoms with E-state index in [4.69, 9.17) is 25.8 Å². The highest BCUT2D eigenvalue weighted by Crippen LogP contribution is 2.29. The van der Waals surface area contributed by atoms with Crippen molar-refractivity contribution in [1.29, 1.82) is 0 Å². The molecule has 8 heteroatoms. The third-order valence-corrected chi connectivity index (χ3v) is 6.85. The van der Waals surface area contributed by atoms with Gasteiger partial charge in [0.05, 0.1) is 45.1 Å². The zero-order chi connectivity index (χ0) is 23.9. The number of hydrogen-bond acceptors (Lipinski definition) is 6. The van der Waals surface area contributed by atoms with Gasteiger partial charge < -0.3 is 24.6 Å². The number of fused-ring (bicyclic) bond motifs is 1. The standard InChI is InChI=1S/C26H33ClN2O5/c1-32-21-8-6-18(7-9-21)14-29-15-20(30)16-33-17-25-24(29)11-10-22(34-25)12-26(31)28-13-19-4-2-3-5-23(19)27/h2-9,20,22,24-25,30H,10-17H2,1H3,(H,28,31)/t20-,22-,24-,25+/m0/s1. The van der Waals surface area contributed by atoms with E-state index in [0.29, 0.717) is 37.7 Å². The topological polar surface area (TPSA) is 80.3 Å². The van der Waals surface area contributed by atoms with Gasteiger partial charge in [0.2, 0.25) is 5.91 Å². The molecular formula is C26H33ClN2O5. The van der Waals surface area contributed by atoms with Gasteiger partial charge in [-0.2, -0.15) is 0 Å². The maximum atomic E-state index is 12.6. The Bertz CT molecular complexity index is 941. The van der Waals surface area contributed by atoms with Gasteiger partial charge in [0, 0.05) is 30.7 Å². The molecule has 2 saturated heterocycles. The summed E-state index contributed by atoms with van der Waals surface area (Å²) in [6.45, 7) is 2.29. The summed E-state index contributed by atoms with van der Waals surface area (Å²) in [4.78, 5) is 14.8. The van der Waals surface area contributed by atoms with Crippen LogP contribution in [0.4, 0.5) is 0 Å². The molecule has 2 fully saturated rings. The van der Waals surface area contributed by atoms with E-state index >= 15 is 0 Å². The van der Waals surface area contributed by atoms with E-state index in [1.807, 2.05) is 48.5 Å². The first kappa shape index (κ1) is 24.9. The van der Waals surface area contributed by atoms with Crippen molar-refractivity contribution in [2.75, 3.05) is 26.9 Å². The molecule has 0 spiro atoms. The fourth-order valence-electron chi connectivity index (χ4n) is 4.71. The number of halogens is 1. The number of amides is 1. The first-order valence-electron chi connectivity index (χ1n) is 11.8. The quantitative estimate of drug-likeness (QED) is 0.623. The Morgan fingerprint density at radius 2 is 1.97 bits per heavy atom. The maximum Gasteiger partial charge on any atom is 0.222 e. The molecule has 0 radical (unpaired) electrons. The highest BCUT2D eigenvalue weighted by atomic mass is 35.5. The summed E-state index contributed by atoms with van der Waals surface area (Å²) in [6.07, 6.45) is 1.08. The minimum atomic E-state index is -0.549. The number of carbonyl (C=O) groups is 1.